The summed E-state index contributed by atoms with van der Waals surface area (Å²) >= 11 is 0. The number of hydrogen-bond donors (Lipinski definition) is 2. The number of rotatable bonds is 5. The highest BCUT2D eigenvalue weighted by Crippen LogP contribution is 2.28. The van der Waals surface area contributed by atoms with Crippen molar-refractivity contribution in [1.82, 2.24) is 15.3 Å². The Kier molecular flexibility index (Phi) is 5.55. The van der Waals surface area contributed by atoms with Crippen LogP contribution in [0.3, 0.4) is 0 Å². The van der Waals surface area contributed by atoms with Crippen LogP contribution >= 0.6 is 0 Å². The van der Waals surface area contributed by atoms with Gasteiger partial charge in [0.15, 0.2) is 0 Å². The zero-order valence-electron chi connectivity index (χ0n) is 18.1. The van der Waals surface area contributed by atoms with Crippen molar-refractivity contribution in [2.75, 3.05) is 5.32 Å². The van der Waals surface area contributed by atoms with Gasteiger partial charge in [0.1, 0.15) is 0 Å². The number of anilines is 2. The van der Waals surface area contributed by atoms with Crippen LogP contribution in [0, 0.1) is 5.92 Å². The quantitative estimate of drug-likeness (QED) is 0.416. The Labute approximate surface area is 187 Å². The fourth-order valence-corrected chi connectivity index (χ4v) is 4.39. The average Bonchev–Trinajstić information content (AvgIpc) is 3.23. The van der Waals surface area contributed by atoms with Crippen molar-refractivity contribution in [1.29, 1.82) is 0 Å². The molecule has 1 fully saturated rings. The number of amides is 1. The van der Waals surface area contributed by atoms with Crippen LogP contribution in [0.5, 0.6) is 0 Å². The highest BCUT2D eigenvalue weighted by Gasteiger charge is 2.25. The molecular formula is C27H26N4O. The number of carbonyl (C=O) groups excluding carboxylic acids is 1. The first-order chi connectivity index (χ1) is 15.7. The lowest BCUT2D eigenvalue weighted by atomic mass is 10.1. The molecule has 0 bridgehead atoms. The molecule has 1 aliphatic rings. The van der Waals surface area contributed by atoms with Gasteiger partial charge in [-0.15, -0.1) is 0 Å². The SMILES string of the molecule is CC1CCCC1NC(=O)c1ccc(Nc2nc(-c3ccccc3)c3ccccc3n2)cc1. The molecule has 1 saturated carbocycles. The smallest absolute Gasteiger partial charge is 0.251 e. The molecule has 2 N–H and O–H groups in total. The van der Waals surface area contributed by atoms with Gasteiger partial charge in [-0.05, 0) is 49.1 Å². The maximum Gasteiger partial charge on any atom is 0.251 e. The third-order valence-electron chi connectivity index (χ3n) is 6.23. The molecule has 0 radical (unpaired) electrons. The van der Waals surface area contributed by atoms with E-state index in [4.69, 9.17) is 4.98 Å². The third kappa shape index (κ3) is 4.19. The average molecular weight is 423 g/mol. The van der Waals surface area contributed by atoms with E-state index in [9.17, 15) is 4.79 Å². The van der Waals surface area contributed by atoms with Gasteiger partial charge in [-0.2, -0.15) is 0 Å². The molecule has 0 saturated heterocycles. The summed E-state index contributed by atoms with van der Waals surface area (Å²) in [7, 11) is 0. The Balaban J connectivity index is 1.38. The summed E-state index contributed by atoms with van der Waals surface area (Å²) in [4.78, 5) is 22.1. The van der Waals surface area contributed by atoms with Crippen LogP contribution < -0.4 is 10.6 Å². The second-order valence-electron chi connectivity index (χ2n) is 8.47. The molecule has 1 heterocycles. The van der Waals surface area contributed by atoms with E-state index in [0.717, 1.165) is 34.3 Å². The molecule has 3 aromatic carbocycles. The van der Waals surface area contributed by atoms with E-state index in [2.05, 4.69) is 34.7 Å². The number of aromatic nitrogens is 2. The molecule has 2 atom stereocenters. The van der Waals surface area contributed by atoms with Gasteiger partial charge < -0.3 is 10.6 Å². The van der Waals surface area contributed by atoms with E-state index in [1.165, 1.54) is 12.8 Å². The summed E-state index contributed by atoms with van der Waals surface area (Å²) in [6.45, 7) is 2.21. The van der Waals surface area contributed by atoms with Crippen LogP contribution in [-0.4, -0.2) is 21.9 Å². The number of nitrogens with zero attached hydrogens (tertiary/aromatic N) is 2. The van der Waals surface area contributed by atoms with Crippen LogP contribution in [0.2, 0.25) is 0 Å². The topological polar surface area (TPSA) is 66.9 Å². The Morgan fingerprint density at radius 3 is 2.38 bits per heavy atom. The lowest BCUT2D eigenvalue weighted by Crippen LogP contribution is -2.36. The number of para-hydroxylation sites is 1. The molecule has 2 unspecified atom stereocenters. The summed E-state index contributed by atoms with van der Waals surface area (Å²) in [5, 5.41) is 7.49. The molecular weight excluding hydrogens is 396 g/mol. The molecule has 1 aromatic heterocycles. The first-order valence-corrected chi connectivity index (χ1v) is 11.2. The number of hydrogen-bond acceptors (Lipinski definition) is 4. The highest BCUT2D eigenvalue weighted by molar-refractivity contribution is 5.95. The zero-order chi connectivity index (χ0) is 21.9. The van der Waals surface area contributed by atoms with Crippen molar-refractivity contribution in [2.45, 2.75) is 32.2 Å². The van der Waals surface area contributed by atoms with Gasteiger partial charge in [-0.3, -0.25) is 4.79 Å². The summed E-state index contributed by atoms with van der Waals surface area (Å²) in [6, 6.07) is 25.9. The van der Waals surface area contributed by atoms with Crippen molar-refractivity contribution in [3.8, 4) is 11.3 Å². The lowest BCUT2D eigenvalue weighted by molar-refractivity contribution is 0.0929. The van der Waals surface area contributed by atoms with E-state index in [1.807, 2.05) is 66.7 Å². The second kappa shape index (κ2) is 8.79. The van der Waals surface area contributed by atoms with Crippen LogP contribution in [0.1, 0.15) is 36.5 Å². The molecule has 32 heavy (non-hydrogen) atoms. The van der Waals surface area contributed by atoms with Gasteiger partial charge in [0.2, 0.25) is 5.95 Å². The van der Waals surface area contributed by atoms with Gasteiger partial charge in [0.25, 0.3) is 5.91 Å². The summed E-state index contributed by atoms with van der Waals surface area (Å²) in [5.41, 5.74) is 4.32. The molecule has 4 aromatic rings. The van der Waals surface area contributed by atoms with Gasteiger partial charge in [0.05, 0.1) is 11.2 Å². The van der Waals surface area contributed by atoms with E-state index >= 15 is 0 Å². The van der Waals surface area contributed by atoms with Crippen LogP contribution in [0.25, 0.3) is 22.2 Å². The molecule has 1 amide bonds. The fraction of sp³-hybridized carbons (Fsp3) is 0.222. The number of carbonyl (C=O) groups is 1. The Bertz CT molecular complexity index is 1240. The maximum atomic E-state index is 12.6. The predicted octanol–water partition coefficient (Wildman–Crippen LogP) is 5.96. The minimum absolute atomic E-state index is 0.0105. The Hall–Kier alpha value is -3.73. The van der Waals surface area contributed by atoms with Crippen molar-refractivity contribution >= 4 is 28.4 Å². The number of fused-ring (bicyclic) bond motifs is 1. The Morgan fingerprint density at radius 1 is 0.875 bits per heavy atom. The van der Waals surface area contributed by atoms with Crippen LogP contribution in [0.4, 0.5) is 11.6 Å². The predicted molar refractivity (Wildman–Crippen MR) is 129 cm³/mol. The van der Waals surface area contributed by atoms with Crippen LogP contribution in [-0.2, 0) is 0 Å². The van der Waals surface area contributed by atoms with E-state index in [-0.39, 0.29) is 11.9 Å². The van der Waals surface area contributed by atoms with E-state index in [0.29, 0.717) is 17.4 Å². The van der Waals surface area contributed by atoms with Crippen molar-refractivity contribution in [2.24, 2.45) is 5.92 Å². The Morgan fingerprint density at radius 2 is 1.62 bits per heavy atom. The third-order valence-corrected chi connectivity index (χ3v) is 6.23. The van der Waals surface area contributed by atoms with Crippen molar-refractivity contribution in [3.05, 3.63) is 84.4 Å². The molecule has 0 aliphatic heterocycles. The second-order valence-corrected chi connectivity index (χ2v) is 8.47. The summed E-state index contributed by atoms with van der Waals surface area (Å²) in [6.07, 6.45) is 3.44. The summed E-state index contributed by atoms with van der Waals surface area (Å²) in [5.74, 6) is 1.06. The number of nitrogens with one attached hydrogen (secondary N) is 2. The summed E-state index contributed by atoms with van der Waals surface area (Å²) < 4.78 is 0. The molecule has 5 nitrogen and oxygen atoms in total. The molecule has 5 heteroatoms. The molecule has 0 spiro atoms. The monoisotopic (exact) mass is 422 g/mol. The van der Waals surface area contributed by atoms with Gasteiger partial charge in [0, 0.05) is 28.2 Å². The lowest BCUT2D eigenvalue weighted by Gasteiger charge is -2.17. The first kappa shape index (κ1) is 20.2. The number of benzene rings is 3. The first-order valence-electron chi connectivity index (χ1n) is 11.2. The normalized spacial score (nSPS) is 17.9. The van der Waals surface area contributed by atoms with Gasteiger partial charge in [-0.25, -0.2) is 9.97 Å². The van der Waals surface area contributed by atoms with E-state index in [1.54, 1.807) is 0 Å². The van der Waals surface area contributed by atoms with Gasteiger partial charge >= 0.3 is 0 Å². The fourth-order valence-electron chi connectivity index (χ4n) is 4.39. The molecule has 5 rings (SSSR count). The minimum atomic E-state index is -0.0105. The molecule has 1 aliphatic carbocycles. The molecule has 160 valence electrons. The van der Waals surface area contributed by atoms with Crippen molar-refractivity contribution in [3.63, 3.8) is 0 Å². The van der Waals surface area contributed by atoms with Crippen molar-refractivity contribution < 1.29 is 4.79 Å². The minimum Gasteiger partial charge on any atom is -0.349 e. The highest BCUT2D eigenvalue weighted by atomic mass is 16.1. The van der Waals surface area contributed by atoms with Crippen LogP contribution in [0.15, 0.2) is 78.9 Å². The van der Waals surface area contributed by atoms with Gasteiger partial charge in [-0.1, -0.05) is 61.9 Å². The largest absolute Gasteiger partial charge is 0.349 e. The van der Waals surface area contributed by atoms with E-state index < -0.39 is 0 Å². The standard InChI is InChI=1S/C27H26N4O/c1-18-8-7-13-23(18)29-26(32)20-14-16-21(17-15-20)28-27-30-24-12-6-5-11-22(24)25(31-27)19-9-3-2-4-10-19/h2-6,9-12,14-18,23H,7-8,13H2,1H3,(H,29,32)(H,28,30,31). The zero-order valence-corrected chi connectivity index (χ0v) is 18.1. The maximum absolute atomic E-state index is 12.6.